The van der Waals surface area contributed by atoms with E-state index in [1.54, 1.807) is 0 Å². The van der Waals surface area contributed by atoms with E-state index in [1.807, 2.05) is 24.0 Å². The van der Waals surface area contributed by atoms with Crippen molar-refractivity contribution in [3.63, 3.8) is 0 Å². The number of rotatable bonds is 4. The Hall–Kier alpha value is -1.59. The molecule has 1 amide bonds. The molecule has 5 nitrogen and oxygen atoms in total. The molecule has 0 saturated carbocycles. The van der Waals surface area contributed by atoms with Gasteiger partial charge in [-0.15, -0.1) is 0 Å². The van der Waals surface area contributed by atoms with E-state index in [0.29, 0.717) is 30.6 Å². The van der Waals surface area contributed by atoms with Crippen LogP contribution in [0.1, 0.15) is 55.9 Å². The molecule has 3 N–H and O–H groups in total. The molecule has 3 rings (SSSR count). The third kappa shape index (κ3) is 3.89. The van der Waals surface area contributed by atoms with Gasteiger partial charge in [0.1, 0.15) is 5.75 Å². The predicted molar refractivity (Wildman–Crippen MR) is 102 cm³/mol. The third-order valence-corrected chi connectivity index (χ3v) is 5.83. The molecule has 26 heavy (non-hydrogen) atoms. The molecule has 2 aliphatic rings. The van der Waals surface area contributed by atoms with Crippen molar-refractivity contribution in [2.24, 2.45) is 17.6 Å². The van der Waals surface area contributed by atoms with Crippen LogP contribution in [0, 0.1) is 18.8 Å². The summed E-state index contributed by atoms with van der Waals surface area (Å²) in [7, 11) is 0. The number of carbonyl (C=O) groups excluding carboxylic acids is 1. The minimum atomic E-state index is -0.157. The van der Waals surface area contributed by atoms with Gasteiger partial charge in [0.05, 0.1) is 12.2 Å². The number of piperidine rings is 1. The van der Waals surface area contributed by atoms with Crippen LogP contribution in [0.4, 0.5) is 0 Å². The summed E-state index contributed by atoms with van der Waals surface area (Å²) in [6.07, 6.45) is 3.16. The van der Waals surface area contributed by atoms with Gasteiger partial charge in [0.25, 0.3) is 0 Å². The largest absolute Gasteiger partial charge is 0.507 e. The average Bonchev–Trinajstić information content (AvgIpc) is 2.63. The molecule has 144 valence electrons. The SMILES string of the molecule is Cc1ccc2c(c1O)CC(C1CCN(C(=O)CC(C)C)CC1)OC2CN. The van der Waals surface area contributed by atoms with Gasteiger partial charge in [0.15, 0.2) is 0 Å². The Bertz CT molecular complexity index is 651. The van der Waals surface area contributed by atoms with E-state index in [4.69, 9.17) is 10.5 Å². The molecule has 1 saturated heterocycles. The Labute approximate surface area is 156 Å². The number of nitrogens with zero attached hydrogens (tertiary/aromatic N) is 1. The van der Waals surface area contributed by atoms with E-state index in [2.05, 4.69) is 13.8 Å². The van der Waals surface area contributed by atoms with Crippen LogP contribution in [-0.4, -0.2) is 41.7 Å². The van der Waals surface area contributed by atoms with Crippen LogP contribution in [0.25, 0.3) is 0 Å². The molecule has 0 aliphatic carbocycles. The van der Waals surface area contributed by atoms with Crippen molar-refractivity contribution in [1.29, 1.82) is 0 Å². The van der Waals surface area contributed by atoms with E-state index < -0.39 is 0 Å². The van der Waals surface area contributed by atoms with Crippen molar-refractivity contribution in [1.82, 2.24) is 4.90 Å². The van der Waals surface area contributed by atoms with Crippen molar-refractivity contribution < 1.29 is 14.6 Å². The van der Waals surface area contributed by atoms with E-state index in [1.165, 1.54) is 0 Å². The Morgan fingerprint density at radius 1 is 1.35 bits per heavy atom. The minimum Gasteiger partial charge on any atom is -0.507 e. The lowest BCUT2D eigenvalue weighted by molar-refractivity contribution is -0.135. The summed E-state index contributed by atoms with van der Waals surface area (Å²) >= 11 is 0. The zero-order valence-corrected chi connectivity index (χ0v) is 16.2. The van der Waals surface area contributed by atoms with Crippen LogP contribution in [0.2, 0.25) is 0 Å². The summed E-state index contributed by atoms with van der Waals surface area (Å²) in [6.45, 7) is 8.11. The Kier molecular flexibility index (Phi) is 5.88. The van der Waals surface area contributed by atoms with E-state index in [0.717, 1.165) is 49.0 Å². The van der Waals surface area contributed by atoms with Crippen molar-refractivity contribution >= 4 is 5.91 Å². The quantitative estimate of drug-likeness (QED) is 0.866. The first-order valence-electron chi connectivity index (χ1n) is 9.85. The second-order valence-corrected chi connectivity index (χ2v) is 8.22. The molecule has 2 aliphatic heterocycles. The monoisotopic (exact) mass is 360 g/mol. The van der Waals surface area contributed by atoms with Crippen LogP contribution in [0.3, 0.4) is 0 Å². The number of hydrogen-bond donors (Lipinski definition) is 2. The van der Waals surface area contributed by atoms with Gasteiger partial charge < -0.3 is 20.5 Å². The topological polar surface area (TPSA) is 75.8 Å². The highest BCUT2D eigenvalue weighted by Gasteiger charge is 2.36. The highest BCUT2D eigenvalue weighted by molar-refractivity contribution is 5.76. The summed E-state index contributed by atoms with van der Waals surface area (Å²) in [5, 5.41) is 10.5. The summed E-state index contributed by atoms with van der Waals surface area (Å²) in [5.74, 6) is 1.45. The first-order valence-corrected chi connectivity index (χ1v) is 9.85. The van der Waals surface area contributed by atoms with Gasteiger partial charge in [0.2, 0.25) is 5.91 Å². The second-order valence-electron chi connectivity index (χ2n) is 8.22. The molecule has 0 spiro atoms. The maximum absolute atomic E-state index is 12.3. The number of amides is 1. The number of likely N-dealkylation sites (tertiary alicyclic amines) is 1. The molecule has 0 aromatic heterocycles. The number of nitrogens with two attached hydrogens (primary N) is 1. The molecular formula is C21H32N2O3. The number of hydrogen-bond acceptors (Lipinski definition) is 4. The smallest absolute Gasteiger partial charge is 0.222 e. The van der Waals surface area contributed by atoms with Crippen LogP contribution < -0.4 is 5.73 Å². The number of ether oxygens (including phenoxy) is 1. The molecule has 1 aromatic rings. The molecule has 1 fully saturated rings. The highest BCUT2D eigenvalue weighted by atomic mass is 16.5. The van der Waals surface area contributed by atoms with Crippen molar-refractivity contribution in [3.8, 4) is 5.75 Å². The number of carbonyl (C=O) groups is 1. The molecule has 1 aromatic carbocycles. The molecule has 5 heteroatoms. The Balaban J connectivity index is 1.68. The first-order chi connectivity index (χ1) is 12.4. The average molecular weight is 360 g/mol. The van der Waals surface area contributed by atoms with Crippen molar-refractivity contribution in [2.75, 3.05) is 19.6 Å². The summed E-state index contributed by atoms with van der Waals surface area (Å²) < 4.78 is 6.32. The fourth-order valence-electron chi connectivity index (χ4n) is 4.28. The third-order valence-electron chi connectivity index (χ3n) is 5.83. The lowest BCUT2D eigenvalue weighted by Gasteiger charge is -2.40. The Morgan fingerprint density at radius 3 is 2.65 bits per heavy atom. The number of fused-ring (bicyclic) bond motifs is 1. The fourth-order valence-corrected chi connectivity index (χ4v) is 4.28. The van der Waals surface area contributed by atoms with E-state index in [9.17, 15) is 9.90 Å². The van der Waals surface area contributed by atoms with Gasteiger partial charge in [-0.2, -0.15) is 0 Å². The molecule has 0 radical (unpaired) electrons. The standard InChI is InChI=1S/C21H32N2O3/c1-13(2)10-20(24)23-8-6-15(7-9-23)18-11-17-16(19(12-22)26-18)5-4-14(3)21(17)25/h4-5,13,15,18-19,25H,6-12,22H2,1-3H3. The molecule has 2 heterocycles. The predicted octanol–water partition coefficient (Wildman–Crippen LogP) is 2.93. The maximum atomic E-state index is 12.3. The fraction of sp³-hybridized carbons (Fsp3) is 0.667. The number of phenolic OH excluding ortho intramolecular Hbond substituents is 1. The normalized spacial score (nSPS) is 24.0. The van der Waals surface area contributed by atoms with Crippen molar-refractivity contribution in [2.45, 2.75) is 58.7 Å². The van der Waals surface area contributed by atoms with Crippen LogP contribution in [0.15, 0.2) is 12.1 Å². The molecular weight excluding hydrogens is 328 g/mol. The minimum absolute atomic E-state index is 0.0612. The van der Waals surface area contributed by atoms with Crippen LogP contribution in [-0.2, 0) is 16.0 Å². The zero-order chi connectivity index (χ0) is 18.8. The molecule has 2 atom stereocenters. The summed E-state index contributed by atoms with van der Waals surface area (Å²) in [5.41, 5.74) is 8.86. The number of aromatic hydroxyl groups is 1. The van der Waals surface area contributed by atoms with E-state index >= 15 is 0 Å². The summed E-state index contributed by atoms with van der Waals surface area (Å²) in [6, 6.07) is 3.96. The van der Waals surface area contributed by atoms with Gasteiger partial charge >= 0.3 is 0 Å². The maximum Gasteiger partial charge on any atom is 0.222 e. The van der Waals surface area contributed by atoms with Crippen LogP contribution in [0.5, 0.6) is 5.75 Å². The highest BCUT2D eigenvalue weighted by Crippen LogP contribution is 2.40. The number of phenols is 1. The number of aryl methyl sites for hydroxylation is 1. The van der Waals surface area contributed by atoms with Gasteiger partial charge in [-0.25, -0.2) is 0 Å². The van der Waals surface area contributed by atoms with Gasteiger partial charge in [-0.1, -0.05) is 26.0 Å². The van der Waals surface area contributed by atoms with Crippen LogP contribution >= 0.6 is 0 Å². The zero-order valence-electron chi connectivity index (χ0n) is 16.2. The van der Waals surface area contributed by atoms with Gasteiger partial charge in [-0.05, 0) is 42.7 Å². The molecule has 0 bridgehead atoms. The first kappa shape index (κ1) is 19.2. The van der Waals surface area contributed by atoms with Gasteiger partial charge in [0, 0.05) is 38.0 Å². The Morgan fingerprint density at radius 2 is 2.04 bits per heavy atom. The lowest BCUT2D eigenvalue weighted by atomic mass is 9.83. The lowest BCUT2D eigenvalue weighted by Crippen LogP contribution is -2.44. The second kappa shape index (κ2) is 7.97. The van der Waals surface area contributed by atoms with Gasteiger partial charge in [-0.3, -0.25) is 4.79 Å². The number of benzene rings is 1. The van der Waals surface area contributed by atoms with E-state index in [-0.39, 0.29) is 18.1 Å². The molecule has 2 unspecified atom stereocenters. The summed E-state index contributed by atoms with van der Waals surface area (Å²) in [4.78, 5) is 14.3. The van der Waals surface area contributed by atoms with Crippen molar-refractivity contribution in [3.05, 3.63) is 28.8 Å².